The van der Waals surface area contributed by atoms with E-state index >= 15 is 0 Å². The first kappa shape index (κ1) is 14.3. The first-order valence-electron chi connectivity index (χ1n) is 6.00. The van der Waals surface area contributed by atoms with Crippen LogP contribution in [0.5, 0.6) is 0 Å². The Morgan fingerprint density at radius 2 is 2.15 bits per heavy atom. The Bertz CT molecular complexity index is 607. The van der Waals surface area contributed by atoms with Crippen LogP contribution in [0, 0.1) is 5.82 Å². The van der Waals surface area contributed by atoms with E-state index in [4.69, 9.17) is 11.6 Å². The van der Waals surface area contributed by atoms with Gasteiger partial charge in [-0.3, -0.25) is 4.98 Å². The molecule has 0 unspecified atom stereocenters. The van der Waals surface area contributed by atoms with Crippen molar-refractivity contribution in [1.82, 2.24) is 10.3 Å². The van der Waals surface area contributed by atoms with E-state index in [1.807, 2.05) is 19.1 Å². The third kappa shape index (κ3) is 3.68. The SMILES string of the molecule is C[C@@H](NC(=O)Nc1ccc(F)c(Cl)c1)c1ccccn1. The van der Waals surface area contributed by atoms with Gasteiger partial charge in [0.05, 0.1) is 16.8 Å². The molecule has 0 fully saturated rings. The van der Waals surface area contributed by atoms with Crippen LogP contribution in [0.2, 0.25) is 5.02 Å². The molecule has 0 spiro atoms. The molecule has 104 valence electrons. The number of hydrogen-bond donors (Lipinski definition) is 2. The number of anilines is 1. The van der Waals surface area contributed by atoms with Gasteiger partial charge in [-0.15, -0.1) is 0 Å². The third-order valence-electron chi connectivity index (χ3n) is 2.66. The van der Waals surface area contributed by atoms with E-state index < -0.39 is 11.8 Å². The van der Waals surface area contributed by atoms with Crippen molar-refractivity contribution in [1.29, 1.82) is 0 Å². The molecule has 0 saturated heterocycles. The minimum atomic E-state index is -0.528. The Hall–Kier alpha value is -2.14. The molecule has 2 rings (SSSR count). The number of benzene rings is 1. The summed E-state index contributed by atoms with van der Waals surface area (Å²) in [5, 5.41) is 5.27. The highest BCUT2D eigenvalue weighted by Crippen LogP contribution is 2.19. The summed E-state index contributed by atoms with van der Waals surface area (Å²) in [5.74, 6) is -0.528. The predicted octanol–water partition coefficient (Wildman–Crippen LogP) is 3.76. The molecule has 6 heteroatoms. The molecular weight excluding hydrogens is 281 g/mol. The fourth-order valence-electron chi connectivity index (χ4n) is 1.64. The van der Waals surface area contributed by atoms with Crippen molar-refractivity contribution in [2.45, 2.75) is 13.0 Å². The van der Waals surface area contributed by atoms with Crippen LogP contribution < -0.4 is 10.6 Å². The smallest absolute Gasteiger partial charge is 0.319 e. The standard InChI is InChI=1S/C14H13ClFN3O/c1-9(13-4-2-3-7-17-13)18-14(20)19-10-5-6-12(16)11(15)8-10/h2-9H,1H3,(H2,18,19,20)/t9-/m1/s1. The number of carbonyl (C=O) groups is 1. The molecule has 2 N–H and O–H groups in total. The van der Waals surface area contributed by atoms with Crippen molar-refractivity contribution < 1.29 is 9.18 Å². The number of pyridine rings is 1. The van der Waals surface area contributed by atoms with Crippen LogP contribution in [0.3, 0.4) is 0 Å². The zero-order valence-electron chi connectivity index (χ0n) is 10.7. The number of nitrogens with one attached hydrogen (secondary N) is 2. The topological polar surface area (TPSA) is 54.0 Å². The van der Waals surface area contributed by atoms with Gasteiger partial charge in [-0.05, 0) is 37.3 Å². The molecule has 0 radical (unpaired) electrons. The first-order valence-corrected chi connectivity index (χ1v) is 6.37. The maximum Gasteiger partial charge on any atom is 0.319 e. The molecule has 1 aromatic heterocycles. The fraction of sp³-hybridized carbons (Fsp3) is 0.143. The second-order valence-electron chi connectivity index (χ2n) is 4.20. The Morgan fingerprint density at radius 1 is 1.35 bits per heavy atom. The summed E-state index contributed by atoms with van der Waals surface area (Å²) < 4.78 is 13.0. The van der Waals surface area contributed by atoms with E-state index in [1.54, 1.807) is 12.3 Å². The number of hydrogen-bond acceptors (Lipinski definition) is 2. The zero-order chi connectivity index (χ0) is 14.5. The number of amides is 2. The lowest BCUT2D eigenvalue weighted by atomic mass is 10.2. The molecule has 1 heterocycles. The average Bonchev–Trinajstić information content (AvgIpc) is 2.44. The summed E-state index contributed by atoms with van der Waals surface area (Å²) in [6.45, 7) is 1.82. The van der Waals surface area contributed by atoms with Gasteiger partial charge < -0.3 is 10.6 Å². The summed E-state index contributed by atoms with van der Waals surface area (Å²) in [5.41, 5.74) is 1.17. The number of rotatable bonds is 3. The summed E-state index contributed by atoms with van der Waals surface area (Å²) in [6, 6.07) is 8.79. The highest BCUT2D eigenvalue weighted by Gasteiger charge is 2.10. The van der Waals surface area contributed by atoms with Gasteiger partial charge in [0.2, 0.25) is 0 Å². The number of halogens is 2. The van der Waals surface area contributed by atoms with Gasteiger partial charge >= 0.3 is 6.03 Å². The number of carbonyl (C=O) groups excluding carboxylic acids is 1. The van der Waals surface area contributed by atoms with Gasteiger partial charge in [0.15, 0.2) is 0 Å². The van der Waals surface area contributed by atoms with E-state index in [0.29, 0.717) is 5.69 Å². The third-order valence-corrected chi connectivity index (χ3v) is 2.95. The van der Waals surface area contributed by atoms with Crippen molar-refractivity contribution in [2.75, 3.05) is 5.32 Å². The minimum Gasteiger partial charge on any atom is -0.330 e. The van der Waals surface area contributed by atoms with Gasteiger partial charge in [-0.1, -0.05) is 17.7 Å². The predicted molar refractivity (Wildman–Crippen MR) is 76.2 cm³/mol. The Labute approximate surface area is 121 Å². The molecule has 0 aliphatic heterocycles. The van der Waals surface area contributed by atoms with Gasteiger partial charge in [0.1, 0.15) is 5.82 Å². The largest absolute Gasteiger partial charge is 0.330 e. The van der Waals surface area contributed by atoms with Crippen LogP contribution in [-0.2, 0) is 0 Å². The van der Waals surface area contributed by atoms with E-state index in [1.165, 1.54) is 18.2 Å². The molecule has 20 heavy (non-hydrogen) atoms. The van der Waals surface area contributed by atoms with Crippen molar-refractivity contribution in [2.24, 2.45) is 0 Å². The summed E-state index contributed by atoms with van der Waals surface area (Å²) >= 11 is 5.64. The van der Waals surface area contributed by atoms with Gasteiger partial charge in [0, 0.05) is 11.9 Å². The van der Waals surface area contributed by atoms with Crippen LogP contribution in [0.1, 0.15) is 18.7 Å². The quantitative estimate of drug-likeness (QED) is 0.905. The van der Waals surface area contributed by atoms with Crippen LogP contribution in [0.25, 0.3) is 0 Å². The zero-order valence-corrected chi connectivity index (χ0v) is 11.5. The molecule has 1 atom stereocenters. The van der Waals surface area contributed by atoms with Crippen LogP contribution >= 0.6 is 11.6 Å². The van der Waals surface area contributed by atoms with E-state index in [-0.39, 0.29) is 11.1 Å². The second kappa shape index (κ2) is 6.34. The van der Waals surface area contributed by atoms with Gasteiger partial charge in [-0.25, -0.2) is 9.18 Å². The maximum atomic E-state index is 13.0. The Kier molecular flexibility index (Phi) is 4.53. The van der Waals surface area contributed by atoms with Gasteiger partial charge in [0.25, 0.3) is 0 Å². The highest BCUT2D eigenvalue weighted by atomic mass is 35.5. The van der Waals surface area contributed by atoms with Crippen LogP contribution in [-0.4, -0.2) is 11.0 Å². The lowest BCUT2D eigenvalue weighted by Gasteiger charge is -2.14. The maximum absolute atomic E-state index is 13.0. The van der Waals surface area contributed by atoms with E-state index in [2.05, 4.69) is 15.6 Å². The molecular formula is C14H13ClFN3O. The fourth-order valence-corrected chi connectivity index (χ4v) is 1.82. The van der Waals surface area contributed by atoms with Crippen LogP contribution in [0.15, 0.2) is 42.6 Å². The molecule has 0 aliphatic carbocycles. The summed E-state index contributed by atoms with van der Waals surface area (Å²) in [7, 11) is 0. The van der Waals surface area contributed by atoms with Crippen LogP contribution in [0.4, 0.5) is 14.9 Å². The van der Waals surface area contributed by atoms with Crippen molar-refractivity contribution in [3.63, 3.8) is 0 Å². The molecule has 2 aromatic rings. The molecule has 0 aliphatic rings. The normalized spacial score (nSPS) is 11.8. The van der Waals surface area contributed by atoms with Gasteiger partial charge in [-0.2, -0.15) is 0 Å². The van der Waals surface area contributed by atoms with E-state index in [0.717, 1.165) is 5.69 Å². The van der Waals surface area contributed by atoms with E-state index in [9.17, 15) is 9.18 Å². The lowest BCUT2D eigenvalue weighted by molar-refractivity contribution is 0.249. The molecule has 0 bridgehead atoms. The monoisotopic (exact) mass is 293 g/mol. The second-order valence-corrected chi connectivity index (χ2v) is 4.61. The Balaban J connectivity index is 1.97. The van der Waals surface area contributed by atoms with Crippen molar-refractivity contribution in [3.05, 3.63) is 59.1 Å². The van der Waals surface area contributed by atoms with Crippen molar-refractivity contribution in [3.8, 4) is 0 Å². The molecule has 4 nitrogen and oxygen atoms in total. The number of urea groups is 1. The lowest BCUT2D eigenvalue weighted by Crippen LogP contribution is -2.31. The molecule has 2 amide bonds. The Morgan fingerprint density at radius 3 is 2.80 bits per heavy atom. The molecule has 0 saturated carbocycles. The number of nitrogens with zero attached hydrogens (tertiary/aromatic N) is 1. The summed E-state index contributed by atoms with van der Waals surface area (Å²) in [4.78, 5) is 16.0. The molecule has 1 aromatic carbocycles. The number of aromatic nitrogens is 1. The van der Waals surface area contributed by atoms with Crippen molar-refractivity contribution >= 4 is 23.3 Å². The minimum absolute atomic E-state index is 0.0411. The summed E-state index contributed by atoms with van der Waals surface area (Å²) in [6.07, 6.45) is 1.66. The first-order chi connectivity index (χ1) is 9.56. The average molecular weight is 294 g/mol. The highest BCUT2D eigenvalue weighted by molar-refractivity contribution is 6.31.